The van der Waals surface area contributed by atoms with Crippen molar-refractivity contribution >= 4 is 16.9 Å². The number of benzene rings is 1. The highest BCUT2D eigenvalue weighted by molar-refractivity contribution is 5.78. The molecule has 1 heterocycles. The van der Waals surface area contributed by atoms with Crippen molar-refractivity contribution in [3.05, 3.63) is 40.4 Å². The zero-order valence-electron chi connectivity index (χ0n) is 12.5. The molecule has 1 aromatic heterocycles. The molecule has 0 saturated carbocycles. The molecule has 21 heavy (non-hydrogen) atoms. The van der Waals surface area contributed by atoms with E-state index in [-0.39, 0.29) is 12.1 Å². The number of aromatic nitrogens is 2. The second-order valence-corrected chi connectivity index (χ2v) is 5.09. The van der Waals surface area contributed by atoms with E-state index in [1.165, 1.54) is 4.57 Å². The average molecular weight is 289 g/mol. The highest BCUT2D eigenvalue weighted by Crippen LogP contribution is 2.07. The molecular formula is C15H19N3O3. The number of likely N-dealkylation sites (N-methyl/N-ethyl adjacent to an activating group) is 1. The Hall–Kier alpha value is -2.21. The molecule has 112 valence electrons. The fourth-order valence-corrected chi connectivity index (χ4v) is 1.98. The standard InChI is InChI=1S/C15H19N3O3/c1-11-16-13-7-5-4-6-12(13)15(20)18(11)10-14(19)21-9-8-17(2)3/h4-7H,8-10H2,1-3H3. The summed E-state index contributed by atoms with van der Waals surface area (Å²) < 4.78 is 6.46. The Morgan fingerprint density at radius 1 is 1.33 bits per heavy atom. The molecule has 2 aromatic rings. The second kappa shape index (κ2) is 6.49. The lowest BCUT2D eigenvalue weighted by Crippen LogP contribution is -2.29. The molecule has 0 unspecified atom stereocenters. The van der Waals surface area contributed by atoms with Gasteiger partial charge in [0.1, 0.15) is 19.0 Å². The monoisotopic (exact) mass is 289 g/mol. The molecule has 0 bridgehead atoms. The number of rotatable bonds is 5. The summed E-state index contributed by atoms with van der Waals surface area (Å²) in [5.74, 6) is 0.0717. The summed E-state index contributed by atoms with van der Waals surface area (Å²) in [5, 5.41) is 0.504. The number of carbonyl (C=O) groups is 1. The minimum Gasteiger partial charge on any atom is -0.463 e. The van der Waals surface area contributed by atoms with Crippen LogP contribution in [0.2, 0.25) is 0 Å². The van der Waals surface area contributed by atoms with Crippen LogP contribution in [-0.4, -0.2) is 47.7 Å². The van der Waals surface area contributed by atoms with Crippen molar-refractivity contribution in [3.63, 3.8) is 0 Å². The van der Waals surface area contributed by atoms with Crippen LogP contribution < -0.4 is 5.56 Å². The number of aryl methyl sites for hydroxylation is 1. The number of esters is 1. The van der Waals surface area contributed by atoms with E-state index in [2.05, 4.69) is 4.98 Å². The Balaban J connectivity index is 2.18. The first-order chi connectivity index (χ1) is 9.99. The Kier molecular flexibility index (Phi) is 4.70. The minimum absolute atomic E-state index is 0.115. The molecular weight excluding hydrogens is 270 g/mol. The molecule has 6 nitrogen and oxygen atoms in total. The number of carbonyl (C=O) groups excluding carboxylic acids is 1. The van der Waals surface area contributed by atoms with Crippen LogP contribution in [0.1, 0.15) is 5.82 Å². The van der Waals surface area contributed by atoms with Gasteiger partial charge in [-0.25, -0.2) is 4.98 Å². The summed E-state index contributed by atoms with van der Waals surface area (Å²) >= 11 is 0. The smallest absolute Gasteiger partial charge is 0.326 e. The van der Waals surface area contributed by atoms with E-state index in [0.29, 0.717) is 29.9 Å². The van der Waals surface area contributed by atoms with Gasteiger partial charge in [0.25, 0.3) is 5.56 Å². The third-order valence-corrected chi connectivity index (χ3v) is 3.14. The van der Waals surface area contributed by atoms with Gasteiger partial charge in [0.15, 0.2) is 0 Å². The van der Waals surface area contributed by atoms with E-state index in [9.17, 15) is 9.59 Å². The molecule has 0 spiro atoms. The summed E-state index contributed by atoms with van der Waals surface area (Å²) in [7, 11) is 3.80. The number of hydrogen-bond acceptors (Lipinski definition) is 5. The topological polar surface area (TPSA) is 64.4 Å². The van der Waals surface area contributed by atoms with Gasteiger partial charge in [-0.15, -0.1) is 0 Å². The van der Waals surface area contributed by atoms with E-state index >= 15 is 0 Å². The Morgan fingerprint density at radius 3 is 2.76 bits per heavy atom. The molecule has 0 aliphatic carbocycles. The lowest BCUT2D eigenvalue weighted by Gasteiger charge is -2.12. The molecule has 0 fully saturated rings. The molecule has 0 aliphatic heterocycles. The zero-order chi connectivity index (χ0) is 15.4. The molecule has 0 amide bonds. The van der Waals surface area contributed by atoms with E-state index in [1.54, 1.807) is 25.1 Å². The van der Waals surface area contributed by atoms with Crippen LogP contribution in [0.25, 0.3) is 10.9 Å². The molecule has 0 saturated heterocycles. The Labute approximate surface area is 123 Å². The highest BCUT2D eigenvalue weighted by Gasteiger charge is 2.12. The first-order valence-electron chi connectivity index (χ1n) is 6.75. The first-order valence-corrected chi connectivity index (χ1v) is 6.75. The lowest BCUT2D eigenvalue weighted by atomic mass is 10.2. The normalized spacial score (nSPS) is 11.0. The summed E-state index contributed by atoms with van der Waals surface area (Å²) in [6, 6.07) is 7.09. The van der Waals surface area contributed by atoms with Crippen molar-refractivity contribution in [3.8, 4) is 0 Å². The van der Waals surface area contributed by atoms with Gasteiger partial charge in [0.05, 0.1) is 10.9 Å². The van der Waals surface area contributed by atoms with Crippen molar-refractivity contribution in [1.82, 2.24) is 14.5 Å². The first kappa shape index (κ1) is 15.2. The van der Waals surface area contributed by atoms with Crippen LogP contribution in [0.4, 0.5) is 0 Å². The van der Waals surface area contributed by atoms with Crippen molar-refractivity contribution < 1.29 is 9.53 Å². The van der Waals surface area contributed by atoms with Gasteiger partial charge in [-0.1, -0.05) is 12.1 Å². The number of fused-ring (bicyclic) bond motifs is 1. The quantitative estimate of drug-likeness (QED) is 0.762. The van der Waals surface area contributed by atoms with Crippen molar-refractivity contribution in [1.29, 1.82) is 0 Å². The zero-order valence-corrected chi connectivity index (χ0v) is 12.5. The predicted octanol–water partition coefficient (Wildman–Crippen LogP) is 0.810. The maximum Gasteiger partial charge on any atom is 0.326 e. The SMILES string of the molecule is Cc1nc2ccccc2c(=O)n1CC(=O)OCCN(C)C. The number of ether oxygens (including phenoxy) is 1. The molecule has 0 atom stereocenters. The lowest BCUT2D eigenvalue weighted by molar-refractivity contribution is -0.144. The second-order valence-electron chi connectivity index (χ2n) is 5.09. The Bertz CT molecular complexity index is 707. The van der Waals surface area contributed by atoms with Gasteiger partial charge in [-0.2, -0.15) is 0 Å². The van der Waals surface area contributed by atoms with Crippen molar-refractivity contribution in [2.75, 3.05) is 27.2 Å². The van der Waals surface area contributed by atoms with Gasteiger partial charge in [0, 0.05) is 6.54 Å². The molecule has 0 N–H and O–H groups in total. The van der Waals surface area contributed by atoms with Crippen LogP contribution in [0.5, 0.6) is 0 Å². The third kappa shape index (κ3) is 3.66. The van der Waals surface area contributed by atoms with Gasteiger partial charge < -0.3 is 9.64 Å². The van der Waals surface area contributed by atoms with Crippen molar-refractivity contribution in [2.24, 2.45) is 0 Å². The van der Waals surface area contributed by atoms with Gasteiger partial charge >= 0.3 is 5.97 Å². The van der Waals surface area contributed by atoms with Gasteiger partial charge in [-0.05, 0) is 33.2 Å². The minimum atomic E-state index is -0.431. The fourth-order valence-electron chi connectivity index (χ4n) is 1.98. The van der Waals surface area contributed by atoms with Crippen LogP contribution in [0.3, 0.4) is 0 Å². The number of hydrogen-bond donors (Lipinski definition) is 0. The number of para-hydroxylation sites is 1. The van der Waals surface area contributed by atoms with Crippen LogP contribution >= 0.6 is 0 Å². The van der Waals surface area contributed by atoms with Crippen LogP contribution in [0, 0.1) is 6.92 Å². The predicted molar refractivity (Wildman–Crippen MR) is 80.3 cm³/mol. The maximum atomic E-state index is 12.4. The third-order valence-electron chi connectivity index (χ3n) is 3.14. The summed E-state index contributed by atoms with van der Waals surface area (Å²) in [4.78, 5) is 30.4. The molecule has 6 heteroatoms. The summed E-state index contributed by atoms with van der Waals surface area (Å²) in [5.41, 5.74) is 0.417. The van der Waals surface area contributed by atoms with E-state index < -0.39 is 5.97 Å². The van der Waals surface area contributed by atoms with Crippen LogP contribution in [0.15, 0.2) is 29.1 Å². The molecule has 0 aliphatic rings. The van der Waals surface area contributed by atoms with Gasteiger partial charge in [0.2, 0.25) is 0 Å². The molecule has 1 aromatic carbocycles. The summed E-state index contributed by atoms with van der Waals surface area (Å²) in [6.07, 6.45) is 0. The highest BCUT2D eigenvalue weighted by atomic mass is 16.5. The van der Waals surface area contributed by atoms with E-state index in [1.807, 2.05) is 25.1 Å². The summed E-state index contributed by atoms with van der Waals surface area (Å²) in [6.45, 7) is 2.55. The van der Waals surface area contributed by atoms with Crippen molar-refractivity contribution in [2.45, 2.75) is 13.5 Å². The number of nitrogens with zero attached hydrogens (tertiary/aromatic N) is 3. The molecule has 2 rings (SSSR count). The maximum absolute atomic E-state index is 12.4. The Morgan fingerprint density at radius 2 is 2.05 bits per heavy atom. The van der Waals surface area contributed by atoms with E-state index in [0.717, 1.165) is 0 Å². The fraction of sp³-hybridized carbons (Fsp3) is 0.400. The largest absolute Gasteiger partial charge is 0.463 e. The van der Waals surface area contributed by atoms with E-state index in [4.69, 9.17) is 4.74 Å². The van der Waals surface area contributed by atoms with Crippen LogP contribution in [-0.2, 0) is 16.1 Å². The van der Waals surface area contributed by atoms with Gasteiger partial charge in [-0.3, -0.25) is 14.2 Å². The average Bonchev–Trinajstić information content (AvgIpc) is 2.43. The molecule has 0 radical (unpaired) electrons.